The van der Waals surface area contributed by atoms with Crippen LogP contribution in [0.5, 0.6) is 0 Å². The second kappa shape index (κ2) is 6.68. The highest BCUT2D eigenvalue weighted by atomic mass is 32.1. The van der Waals surface area contributed by atoms with Gasteiger partial charge in [-0.25, -0.2) is 9.78 Å². The molecule has 6 heteroatoms. The maximum absolute atomic E-state index is 11.9. The van der Waals surface area contributed by atoms with E-state index in [0.717, 1.165) is 5.56 Å². The standard InChI is InChI=1S/C14H13N3O2S/c15-6-2-4-10-3-1-5-11(7-10)13(18)19-8-12-9-20-14(16)17-12/h1,3,5,7,9H,2,4,8H2,(H2,16,17). The van der Waals surface area contributed by atoms with E-state index in [1.165, 1.54) is 11.3 Å². The van der Waals surface area contributed by atoms with E-state index < -0.39 is 5.97 Å². The molecule has 0 amide bonds. The lowest BCUT2D eigenvalue weighted by atomic mass is 10.1. The third kappa shape index (κ3) is 3.80. The number of carbonyl (C=O) groups is 1. The second-order valence-electron chi connectivity index (χ2n) is 4.11. The third-order valence-electron chi connectivity index (χ3n) is 2.61. The molecule has 2 N–H and O–H groups in total. The van der Waals surface area contributed by atoms with Crippen molar-refractivity contribution in [2.45, 2.75) is 19.4 Å². The van der Waals surface area contributed by atoms with Gasteiger partial charge in [0.15, 0.2) is 5.13 Å². The molecule has 1 aromatic heterocycles. The summed E-state index contributed by atoms with van der Waals surface area (Å²) in [6.45, 7) is 0.106. The van der Waals surface area contributed by atoms with Crippen molar-refractivity contribution in [2.75, 3.05) is 5.73 Å². The Bertz CT molecular complexity index is 646. The molecule has 102 valence electrons. The average molecular weight is 287 g/mol. The van der Waals surface area contributed by atoms with E-state index in [4.69, 9.17) is 15.7 Å². The highest BCUT2D eigenvalue weighted by Crippen LogP contribution is 2.13. The van der Waals surface area contributed by atoms with E-state index >= 15 is 0 Å². The predicted molar refractivity (Wildman–Crippen MR) is 76.0 cm³/mol. The van der Waals surface area contributed by atoms with Crippen LogP contribution < -0.4 is 5.73 Å². The molecule has 0 spiro atoms. The molecule has 0 aliphatic carbocycles. The summed E-state index contributed by atoms with van der Waals surface area (Å²) in [5.74, 6) is -0.407. The number of nitriles is 1. The van der Waals surface area contributed by atoms with Gasteiger partial charge in [-0.2, -0.15) is 5.26 Å². The Kier molecular flexibility index (Phi) is 4.69. The molecule has 1 heterocycles. The van der Waals surface area contributed by atoms with Crippen LogP contribution in [0.4, 0.5) is 5.13 Å². The Morgan fingerprint density at radius 3 is 3.05 bits per heavy atom. The molecular formula is C14H13N3O2S. The lowest BCUT2D eigenvalue weighted by molar-refractivity contribution is 0.0468. The number of nitrogens with two attached hydrogens (primary N) is 1. The summed E-state index contributed by atoms with van der Waals surface area (Å²) >= 11 is 1.31. The normalized spacial score (nSPS) is 9.95. The molecule has 2 rings (SSSR count). The van der Waals surface area contributed by atoms with Gasteiger partial charge in [0.2, 0.25) is 0 Å². The number of aromatic nitrogens is 1. The van der Waals surface area contributed by atoms with Gasteiger partial charge >= 0.3 is 5.97 Å². The quantitative estimate of drug-likeness (QED) is 0.853. The molecule has 0 aliphatic rings. The molecule has 0 fully saturated rings. The SMILES string of the molecule is N#CCCc1cccc(C(=O)OCc2csc(N)n2)c1. The van der Waals surface area contributed by atoms with Crippen LogP contribution in [-0.2, 0) is 17.8 Å². The largest absolute Gasteiger partial charge is 0.456 e. The molecular weight excluding hydrogens is 274 g/mol. The fourth-order valence-electron chi connectivity index (χ4n) is 1.67. The van der Waals surface area contributed by atoms with Gasteiger partial charge in [-0.15, -0.1) is 11.3 Å². The summed E-state index contributed by atoms with van der Waals surface area (Å²) in [7, 11) is 0. The minimum absolute atomic E-state index is 0.106. The van der Waals surface area contributed by atoms with Crippen molar-refractivity contribution in [3.05, 3.63) is 46.5 Å². The number of hydrogen-bond acceptors (Lipinski definition) is 6. The Balaban J connectivity index is 1.96. The van der Waals surface area contributed by atoms with Crippen molar-refractivity contribution in [3.8, 4) is 6.07 Å². The highest BCUT2D eigenvalue weighted by Gasteiger charge is 2.09. The number of ether oxygens (including phenoxy) is 1. The zero-order chi connectivity index (χ0) is 14.4. The molecule has 1 aromatic carbocycles. The maximum atomic E-state index is 11.9. The number of hydrogen-bond donors (Lipinski definition) is 1. The van der Waals surface area contributed by atoms with Crippen LogP contribution in [0.1, 0.15) is 28.0 Å². The summed E-state index contributed by atoms with van der Waals surface area (Å²) in [4.78, 5) is 15.9. The van der Waals surface area contributed by atoms with Crippen molar-refractivity contribution in [2.24, 2.45) is 0 Å². The van der Waals surface area contributed by atoms with Gasteiger partial charge in [0.1, 0.15) is 6.61 Å². The van der Waals surface area contributed by atoms with Crippen LogP contribution in [-0.4, -0.2) is 11.0 Å². The number of esters is 1. The van der Waals surface area contributed by atoms with Gasteiger partial charge in [0, 0.05) is 11.8 Å². The van der Waals surface area contributed by atoms with E-state index in [-0.39, 0.29) is 6.61 Å². The molecule has 20 heavy (non-hydrogen) atoms. The third-order valence-corrected chi connectivity index (χ3v) is 3.33. The molecule has 0 bridgehead atoms. The predicted octanol–water partition coefficient (Wildman–Crippen LogP) is 2.54. The van der Waals surface area contributed by atoms with Crippen LogP contribution in [0, 0.1) is 11.3 Å². The maximum Gasteiger partial charge on any atom is 0.338 e. The molecule has 0 saturated carbocycles. The minimum Gasteiger partial charge on any atom is -0.456 e. The first kappa shape index (κ1) is 14.0. The van der Waals surface area contributed by atoms with Gasteiger partial charge in [-0.05, 0) is 24.1 Å². The van der Waals surface area contributed by atoms with E-state index in [2.05, 4.69) is 11.1 Å². The molecule has 0 saturated heterocycles. The van der Waals surface area contributed by atoms with Crippen LogP contribution in [0.3, 0.4) is 0 Å². The number of aryl methyl sites for hydroxylation is 1. The fraction of sp³-hybridized carbons (Fsp3) is 0.214. The Hall–Kier alpha value is -2.39. The smallest absolute Gasteiger partial charge is 0.338 e. The number of rotatable bonds is 5. The topological polar surface area (TPSA) is 89.0 Å². The van der Waals surface area contributed by atoms with E-state index in [9.17, 15) is 4.79 Å². The first-order chi connectivity index (χ1) is 9.69. The van der Waals surface area contributed by atoms with Gasteiger partial charge < -0.3 is 10.5 Å². The van der Waals surface area contributed by atoms with Crippen molar-refractivity contribution in [1.82, 2.24) is 4.98 Å². The van der Waals surface area contributed by atoms with Crippen LogP contribution >= 0.6 is 11.3 Å². The van der Waals surface area contributed by atoms with Crippen LogP contribution in [0.25, 0.3) is 0 Å². The second-order valence-corrected chi connectivity index (χ2v) is 5.00. The first-order valence-corrected chi connectivity index (χ1v) is 6.90. The van der Waals surface area contributed by atoms with Gasteiger partial charge in [0.05, 0.1) is 17.3 Å². The Morgan fingerprint density at radius 2 is 2.35 bits per heavy atom. The van der Waals surface area contributed by atoms with Crippen molar-refractivity contribution in [3.63, 3.8) is 0 Å². The average Bonchev–Trinajstić information content (AvgIpc) is 2.88. The number of thiazole rings is 1. The van der Waals surface area contributed by atoms with Crippen LogP contribution in [0.15, 0.2) is 29.6 Å². The van der Waals surface area contributed by atoms with E-state index in [1.54, 1.807) is 23.6 Å². The zero-order valence-electron chi connectivity index (χ0n) is 10.7. The molecule has 2 aromatic rings. The van der Waals surface area contributed by atoms with Crippen molar-refractivity contribution in [1.29, 1.82) is 5.26 Å². The number of nitrogen functional groups attached to an aromatic ring is 1. The summed E-state index contributed by atoms with van der Waals surface area (Å²) in [6, 6.07) is 9.18. The van der Waals surface area contributed by atoms with Crippen molar-refractivity contribution < 1.29 is 9.53 Å². The summed E-state index contributed by atoms with van der Waals surface area (Å²) in [5, 5.41) is 10.8. The van der Waals surface area contributed by atoms with Gasteiger partial charge in [-0.3, -0.25) is 0 Å². The monoisotopic (exact) mass is 287 g/mol. The lowest BCUT2D eigenvalue weighted by Crippen LogP contribution is -2.06. The summed E-state index contributed by atoms with van der Waals surface area (Å²) < 4.78 is 5.17. The molecule has 0 unspecified atom stereocenters. The molecule has 5 nitrogen and oxygen atoms in total. The summed E-state index contributed by atoms with van der Waals surface area (Å²) in [5.41, 5.74) is 7.56. The van der Waals surface area contributed by atoms with Gasteiger partial charge in [0.25, 0.3) is 0 Å². The van der Waals surface area contributed by atoms with Crippen molar-refractivity contribution >= 4 is 22.4 Å². The number of anilines is 1. The molecule has 0 atom stereocenters. The highest BCUT2D eigenvalue weighted by molar-refractivity contribution is 7.13. The summed E-state index contributed by atoms with van der Waals surface area (Å²) in [6.07, 6.45) is 1.05. The van der Waals surface area contributed by atoms with E-state index in [0.29, 0.717) is 29.2 Å². The fourth-order valence-corrected chi connectivity index (χ4v) is 2.21. The number of benzene rings is 1. The Labute approximate surface area is 120 Å². The number of nitrogens with zero attached hydrogens (tertiary/aromatic N) is 2. The molecule has 0 aliphatic heterocycles. The van der Waals surface area contributed by atoms with Gasteiger partial charge in [-0.1, -0.05) is 12.1 Å². The minimum atomic E-state index is -0.407. The molecule has 0 radical (unpaired) electrons. The van der Waals surface area contributed by atoms with E-state index in [1.807, 2.05) is 6.07 Å². The lowest BCUT2D eigenvalue weighted by Gasteiger charge is -2.04. The van der Waals surface area contributed by atoms with Crippen LogP contribution in [0.2, 0.25) is 0 Å². The zero-order valence-corrected chi connectivity index (χ0v) is 11.5. The first-order valence-electron chi connectivity index (χ1n) is 6.02. The Morgan fingerprint density at radius 1 is 1.50 bits per heavy atom. The number of carbonyl (C=O) groups excluding carboxylic acids is 1.